The van der Waals surface area contributed by atoms with E-state index in [1.807, 2.05) is 18.2 Å². The molecule has 0 radical (unpaired) electrons. The average molecular weight is 372 g/mol. The van der Waals surface area contributed by atoms with Gasteiger partial charge in [-0.25, -0.2) is 4.99 Å². The molecule has 3 nitrogen and oxygen atoms in total. The number of nitrogens with zero attached hydrogens (tertiary/aromatic N) is 3. The normalized spacial score (nSPS) is 20.6. The molecular formula is C25H29N3. The largest absolute Gasteiger partial charge is 0.268 e. The van der Waals surface area contributed by atoms with E-state index in [9.17, 15) is 0 Å². The van der Waals surface area contributed by atoms with Crippen molar-refractivity contribution in [1.82, 2.24) is 4.98 Å². The van der Waals surface area contributed by atoms with Crippen LogP contribution in [0, 0.1) is 11.3 Å². The van der Waals surface area contributed by atoms with Gasteiger partial charge in [-0.05, 0) is 42.0 Å². The van der Waals surface area contributed by atoms with Gasteiger partial charge in [0.25, 0.3) is 0 Å². The first-order chi connectivity index (χ1) is 13.4. The number of amidine groups is 1. The van der Waals surface area contributed by atoms with Gasteiger partial charge >= 0.3 is 0 Å². The van der Waals surface area contributed by atoms with Gasteiger partial charge in [0.1, 0.15) is 5.69 Å². The average Bonchev–Trinajstić information content (AvgIpc) is 2.94. The lowest BCUT2D eigenvalue weighted by atomic mass is 9.85. The molecule has 2 aliphatic rings. The molecule has 0 aromatic carbocycles. The molecule has 0 aliphatic heterocycles. The summed E-state index contributed by atoms with van der Waals surface area (Å²) in [5.74, 6) is 0.803. The molecule has 144 valence electrons. The molecule has 0 N–H and O–H groups in total. The second kappa shape index (κ2) is 8.47. The first kappa shape index (κ1) is 19.9. The van der Waals surface area contributed by atoms with Gasteiger partial charge in [-0.3, -0.25) is 9.98 Å². The predicted octanol–water partition coefficient (Wildman–Crippen LogP) is 5.89. The summed E-state index contributed by atoms with van der Waals surface area (Å²) < 4.78 is 0. The van der Waals surface area contributed by atoms with Crippen molar-refractivity contribution in [3.8, 4) is 0 Å². The highest BCUT2D eigenvalue weighted by Gasteiger charge is 2.21. The van der Waals surface area contributed by atoms with Crippen LogP contribution in [0.2, 0.25) is 0 Å². The molecule has 0 fully saturated rings. The molecule has 0 amide bonds. The Morgan fingerprint density at radius 3 is 2.54 bits per heavy atom. The SMILES string of the molecule is CN=C(N=C(C1=CCC=C(C(C)(C)C)C=C1)C1C=CC(C)=C1)c1ccccn1. The standard InChI is InChI=1S/C25H29N3/c1-18-12-13-20(17-18)23(28-24(26-5)22-11-6-7-16-27-22)19-9-8-10-21(15-14-19)25(2,3)4/h6-7,9-17,20H,8H2,1-5H3. The molecular weight excluding hydrogens is 342 g/mol. The minimum atomic E-state index is 0.130. The quantitative estimate of drug-likeness (QED) is 0.482. The third-order valence-electron chi connectivity index (χ3n) is 4.94. The van der Waals surface area contributed by atoms with Crippen LogP contribution in [0.1, 0.15) is 39.8 Å². The summed E-state index contributed by atoms with van der Waals surface area (Å²) in [6, 6.07) is 5.82. The number of pyridine rings is 1. The summed E-state index contributed by atoms with van der Waals surface area (Å²) in [4.78, 5) is 13.9. The smallest absolute Gasteiger partial charge is 0.173 e. The van der Waals surface area contributed by atoms with Crippen LogP contribution >= 0.6 is 0 Å². The third kappa shape index (κ3) is 4.72. The molecule has 0 bridgehead atoms. The highest BCUT2D eigenvalue weighted by Crippen LogP contribution is 2.30. The second-order valence-corrected chi connectivity index (χ2v) is 8.19. The van der Waals surface area contributed by atoms with Crippen molar-refractivity contribution < 1.29 is 0 Å². The number of aliphatic imine (C=N–C) groups is 2. The Kier molecular flexibility index (Phi) is 6.03. The number of hydrogen-bond acceptors (Lipinski definition) is 2. The van der Waals surface area contributed by atoms with Crippen LogP contribution < -0.4 is 0 Å². The van der Waals surface area contributed by atoms with Crippen molar-refractivity contribution in [3.05, 3.63) is 89.3 Å². The lowest BCUT2D eigenvalue weighted by Gasteiger charge is -2.19. The molecule has 3 heteroatoms. The van der Waals surface area contributed by atoms with Crippen LogP contribution in [0.5, 0.6) is 0 Å². The fraction of sp³-hybridized carbons (Fsp3) is 0.320. The van der Waals surface area contributed by atoms with E-state index in [1.54, 1.807) is 13.2 Å². The number of hydrogen-bond donors (Lipinski definition) is 0. The van der Waals surface area contributed by atoms with Crippen LogP contribution in [-0.4, -0.2) is 23.6 Å². The third-order valence-corrected chi connectivity index (χ3v) is 4.94. The lowest BCUT2D eigenvalue weighted by Crippen LogP contribution is -2.15. The van der Waals surface area contributed by atoms with Gasteiger partial charge in [-0.1, -0.05) is 74.9 Å². The van der Waals surface area contributed by atoms with Crippen LogP contribution in [0.3, 0.4) is 0 Å². The second-order valence-electron chi connectivity index (χ2n) is 8.19. The maximum atomic E-state index is 5.00. The van der Waals surface area contributed by atoms with Gasteiger partial charge in [-0.15, -0.1) is 0 Å². The zero-order valence-electron chi connectivity index (χ0n) is 17.5. The van der Waals surface area contributed by atoms with E-state index in [1.165, 1.54) is 11.1 Å². The number of rotatable bonds is 3. The summed E-state index contributed by atoms with van der Waals surface area (Å²) in [6.45, 7) is 8.87. The minimum absolute atomic E-state index is 0.130. The Balaban J connectivity index is 2.02. The summed E-state index contributed by atoms with van der Waals surface area (Å²) in [6.07, 6.45) is 18.3. The van der Waals surface area contributed by atoms with E-state index < -0.39 is 0 Å². The van der Waals surface area contributed by atoms with Gasteiger partial charge in [0, 0.05) is 19.2 Å². The molecule has 2 aliphatic carbocycles. The Morgan fingerprint density at radius 1 is 1.11 bits per heavy atom. The van der Waals surface area contributed by atoms with E-state index in [-0.39, 0.29) is 11.3 Å². The Hall–Kier alpha value is -2.81. The van der Waals surface area contributed by atoms with Crippen LogP contribution in [-0.2, 0) is 0 Å². The van der Waals surface area contributed by atoms with E-state index >= 15 is 0 Å². The fourth-order valence-electron chi connectivity index (χ4n) is 3.36. The van der Waals surface area contributed by atoms with Crippen molar-refractivity contribution in [2.45, 2.75) is 34.1 Å². The monoisotopic (exact) mass is 371 g/mol. The van der Waals surface area contributed by atoms with Gasteiger partial charge in [-0.2, -0.15) is 0 Å². The Bertz CT molecular complexity index is 930. The number of aromatic nitrogens is 1. The van der Waals surface area contributed by atoms with Crippen molar-refractivity contribution in [1.29, 1.82) is 0 Å². The summed E-state index contributed by atoms with van der Waals surface area (Å²) in [5.41, 5.74) is 5.69. The van der Waals surface area contributed by atoms with Crippen molar-refractivity contribution in [2.75, 3.05) is 7.05 Å². The van der Waals surface area contributed by atoms with Crippen LogP contribution in [0.4, 0.5) is 0 Å². The summed E-state index contributed by atoms with van der Waals surface area (Å²) >= 11 is 0. The molecule has 1 aromatic heterocycles. The minimum Gasteiger partial charge on any atom is -0.268 e. The topological polar surface area (TPSA) is 37.6 Å². The molecule has 1 aromatic rings. The molecule has 28 heavy (non-hydrogen) atoms. The van der Waals surface area contributed by atoms with E-state index in [0.717, 1.165) is 23.4 Å². The molecule has 1 unspecified atom stereocenters. The van der Waals surface area contributed by atoms with E-state index in [4.69, 9.17) is 4.99 Å². The zero-order valence-corrected chi connectivity index (χ0v) is 17.5. The first-order valence-corrected chi connectivity index (χ1v) is 9.81. The van der Waals surface area contributed by atoms with Crippen LogP contribution in [0.25, 0.3) is 0 Å². The zero-order chi connectivity index (χ0) is 20.1. The molecule has 1 atom stereocenters. The summed E-state index contributed by atoms with van der Waals surface area (Å²) in [7, 11) is 1.77. The van der Waals surface area contributed by atoms with Gasteiger partial charge < -0.3 is 0 Å². The van der Waals surface area contributed by atoms with Crippen molar-refractivity contribution in [2.24, 2.45) is 21.3 Å². The summed E-state index contributed by atoms with van der Waals surface area (Å²) in [5, 5.41) is 0. The highest BCUT2D eigenvalue weighted by molar-refractivity contribution is 6.15. The van der Waals surface area contributed by atoms with Gasteiger partial charge in [0.15, 0.2) is 5.84 Å². The number of allylic oxidation sites excluding steroid dienone is 10. The first-order valence-electron chi connectivity index (χ1n) is 9.81. The predicted molar refractivity (Wildman–Crippen MR) is 120 cm³/mol. The van der Waals surface area contributed by atoms with Gasteiger partial charge in [0.2, 0.25) is 0 Å². The lowest BCUT2D eigenvalue weighted by molar-refractivity contribution is 0.515. The van der Waals surface area contributed by atoms with Crippen LogP contribution in [0.15, 0.2) is 93.6 Å². The molecule has 0 saturated carbocycles. The molecule has 0 saturated heterocycles. The van der Waals surface area contributed by atoms with Crippen molar-refractivity contribution >= 4 is 11.5 Å². The fourth-order valence-corrected chi connectivity index (χ4v) is 3.36. The van der Waals surface area contributed by atoms with E-state index in [2.05, 4.69) is 80.2 Å². The molecule has 1 heterocycles. The molecule has 0 spiro atoms. The van der Waals surface area contributed by atoms with E-state index in [0.29, 0.717) is 5.84 Å². The Morgan fingerprint density at radius 2 is 1.93 bits per heavy atom. The highest BCUT2D eigenvalue weighted by atomic mass is 14.9. The molecule has 3 rings (SSSR count). The maximum absolute atomic E-state index is 5.00. The van der Waals surface area contributed by atoms with Crippen molar-refractivity contribution in [3.63, 3.8) is 0 Å². The van der Waals surface area contributed by atoms with Gasteiger partial charge in [0.05, 0.1) is 5.71 Å². The maximum Gasteiger partial charge on any atom is 0.173 e. The Labute approximate surface area is 168 Å².